The molecular weight excluding hydrogens is 334 g/mol. The molecule has 1 amide bonds. The first-order valence-corrected chi connectivity index (χ1v) is 8.60. The smallest absolute Gasteiger partial charge is 0.310 e. The highest BCUT2D eigenvalue weighted by molar-refractivity contribution is 6.03. The fraction of sp³-hybridized carbons (Fsp3) is 0.400. The van der Waals surface area contributed by atoms with E-state index in [1.807, 2.05) is 25.1 Å². The van der Waals surface area contributed by atoms with E-state index in [0.717, 1.165) is 5.57 Å². The summed E-state index contributed by atoms with van der Waals surface area (Å²) >= 11 is 0. The lowest BCUT2D eigenvalue weighted by molar-refractivity contribution is -0.146. The number of carboxylic acids is 1. The zero-order valence-electron chi connectivity index (χ0n) is 14.7. The SMILES string of the molecule is C=C(C)C[C@H]1N(c2cccc(OC)c2)C(=O)[C@H]2[C@@H](C(=O)O)[C@H]3C=C[C@]21O3. The summed E-state index contributed by atoms with van der Waals surface area (Å²) in [4.78, 5) is 26.9. The van der Waals surface area contributed by atoms with Crippen LogP contribution in [0.5, 0.6) is 5.75 Å². The molecule has 4 rings (SSSR count). The molecular formula is C20H21NO5. The molecule has 0 aromatic heterocycles. The number of carbonyl (C=O) groups is 2. The lowest BCUT2D eigenvalue weighted by atomic mass is 9.74. The Hall–Kier alpha value is -2.60. The van der Waals surface area contributed by atoms with Gasteiger partial charge in [0.1, 0.15) is 17.3 Å². The van der Waals surface area contributed by atoms with Crippen molar-refractivity contribution in [3.05, 3.63) is 48.6 Å². The number of nitrogens with zero attached hydrogens (tertiary/aromatic N) is 1. The van der Waals surface area contributed by atoms with Gasteiger partial charge in [-0.05, 0) is 25.5 Å². The minimum atomic E-state index is -0.999. The van der Waals surface area contributed by atoms with Gasteiger partial charge < -0.3 is 19.5 Å². The van der Waals surface area contributed by atoms with Gasteiger partial charge in [0.25, 0.3) is 0 Å². The van der Waals surface area contributed by atoms with Crippen molar-refractivity contribution in [2.45, 2.75) is 31.1 Å². The van der Waals surface area contributed by atoms with E-state index in [1.165, 1.54) is 0 Å². The maximum Gasteiger partial charge on any atom is 0.310 e. The van der Waals surface area contributed by atoms with Crippen molar-refractivity contribution in [2.24, 2.45) is 11.8 Å². The molecule has 5 atom stereocenters. The van der Waals surface area contributed by atoms with Crippen LogP contribution in [0.15, 0.2) is 48.6 Å². The fourth-order valence-electron chi connectivity index (χ4n) is 4.58. The molecule has 3 heterocycles. The van der Waals surface area contributed by atoms with Crippen LogP contribution in [0.2, 0.25) is 0 Å². The molecule has 1 aromatic rings. The Kier molecular flexibility index (Phi) is 3.70. The van der Waals surface area contributed by atoms with E-state index in [2.05, 4.69) is 6.58 Å². The van der Waals surface area contributed by atoms with Crippen LogP contribution < -0.4 is 9.64 Å². The van der Waals surface area contributed by atoms with Gasteiger partial charge in [-0.25, -0.2) is 0 Å². The lowest BCUT2D eigenvalue weighted by Crippen LogP contribution is -2.45. The molecule has 0 saturated carbocycles. The number of hydrogen-bond donors (Lipinski definition) is 1. The van der Waals surface area contributed by atoms with Gasteiger partial charge >= 0.3 is 5.97 Å². The van der Waals surface area contributed by atoms with Crippen LogP contribution in [0, 0.1) is 11.8 Å². The molecule has 3 aliphatic heterocycles. The topological polar surface area (TPSA) is 76.1 Å². The predicted octanol–water partition coefficient (Wildman–Crippen LogP) is 2.40. The Morgan fingerprint density at radius 3 is 2.88 bits per heavy atom. The summed E-state index contributed by atoms with van der Waals surface area (Å²) in [6.07, 6.45) is 3.64. The highest BCUT2D eigenvalue weighted by Gasteiger charge is 2.71. The summed E-state index contributed by atoms with van der Waals surface area (Å²) < 4.78 is 11.4. The normalized spacial score (nSPS) is 34.2. The van der Waals surface area contributed by atoms with Crippen molar-refractivity contribution < 1.29 is 24.2 Å². The molecule has 136 valence electrons. The molecule has 6 nitrogen and oxygen atoms in total. The third-order valence-corrected chi connectivity index (χ3v) is 5.58. The van der Waals surface area contributed by atoms with Gasteiger partial charge in [-0.2, -0.15) is 0 Å². The third-order valence-electron chi connectivity index (χ3n) is 5.58. The maximum absolute atomic E-state index is 13.4. The summed E-state index contributed by atoms with van der Waals surface area (Å²) in [6.45, 7) is 5.89. The number of aliphatic carboxylic acids is 1. The number of carboxylic acid groups (broad SMARTS) is 1. The van der Waals surface area contributed by atoms with Gasteiger partial charge in [-0.3, -0.25) is 9.59 Å². The van der Waals surface area contributed by atoms with Gasteiger partial charge in [-0.15, -0.1) is 6.58 Å². The number of rotatable bonds is 5. The van der Waals surface area contributed by atoms with Crippen LogP contribution in [-0.4, -0.2) is 41.8 Å². The number of amides is 1. The van der Waals surface area contributed by atoms with E-state index in [-0.39, 0.29) is 11.9 Å². The summed E-state index contributed by atoms with van der Waals surface area (Å²) in [5, 5.41) is 9.68. The molecule has 6 heteroatoms. The molecule has 2 bridgehead atoms. The van der Waals surface area contributed by atoms with Crippen LogP contribution in [0.1, 0.15) is 13.3 Å². The van der Waals surface area contributed by atoms with Crippen LogP contribution in [-0.2, 0) is 14.3 Å². The number of benzene rings is 1. The van der Waals surface area contributed by atoms with Gasteiger partial charge in [-0.1, -0.05) is 23.8 Å². The highest BCUT2D eigenvalue weighted by Crippen LogP contribution is 2.56. The van der Waals surface area contributed by atoms with E-state index in [1.54, 1.807) is 30.2 Å². The monoisotopic (exact) mass is 355 g/mol. The zero-order valence-corrected chi connectivity index (χ0v) is 14.7. The maximum atomic E-state index is 13.4. The zero-order chi connectivity index (χ0) is 18.6. The largest absolute Gasteiger partial charge is 0.497 e. The number of anilines is 1. The highest BCUT2D eigenvalue weighted by atomic mass is 16.5. The summed E-state index contributed by atoms with van der Waals surface area (Å²) in [5.74, 6) is -2.18. The fourth-order valence-corrected chi connectivity index (χ4v) is 4.58. The molecule has 0 aliphatic carbocycles. The van der Waals surface area contributed by atoms with Gasteiger partial charge in [0.2, 0.25) is 5.91 Å². The first-order valence-electron chi connectivity index (χ1n) is 8.60. The number of methoxy groups -OCH3 is 1. The van der Waals surface area contributed by atoms with E-state index in [9.17, 15) is 14.7 Å². The van der Waals surface area contributed by atoms with Crippen LogP contribution in [0.25, 0.3) is 0 Å². The number of carbonyl (C=O) groups excluding carboxylic acids is 1. The average molecular weight is 355 g/mol. The molecule has 0 radical (unpaired) electrons. The van der Waals surface area contributed by atoms with Crippen molar-refractivity contribution in [1.29, 1.82) is 0 Å². The average Bonchev–Trinajstić information content (AvgIpc) is 3.24. The first-order chi connectivity index (χ1) is 12.4. The lowest BCUT2D eigenvalue weighted by Gasteiger charge is -2.33. The van der Waals surface area contributed by atoms with E-state index >= 15 is 0 Å². The van der Waals surface area contributed by atoms with Crippen molar-refractivity contribution in [3.8, 4) is 5.75 Å². The van der Waals surface area contributed by atoms with Crippen molar-refractivity contribution in [3.63, 3.8) is 0 Å². The van der Waals surface area contributed by atoms with Crippen molar-refractivity contribution in [1.82, 2.24) is 0 Å². The predicted molar refractivity (Wildman–Crippen MR) is 95.1 cm³/mol. The molecule has 2 fully saturated rings. The van der Waals surface area contributed by atoms with Crippen molar-refractivity contribution in [2.75, 3.05) is 12.0 Å². The van der Waals surface area contributed by atoms with Gasteiger partial charge in [0.15, 0.2) is 0 Å². The van der Waals surface area contributed by atoms with Crippen molar-refractivity contribution >= 4 is 17.6 Å². The second-order valence-corrected chi connectivity index (χ2v) is 7.22. The molecule has 1 spiro atoms. The Balaban J connectivity index is 1.84. The second kappa shape index (κ2) is 5.71. The van der Waals surface area contributed by atoms with E-state index < -0.39 is 29.5 Å². The second-order valence-electron chi connectivity index (χ2n) is 7.22. The Morgan fingerprint density at radius 2 is 2.23 bits per heavy atom. The van der Waals surface area contributed by atoms with Crippen LogP contribution in [0.3, 0.4) is 0 Å². The molecule has 1 aromatic carbocycles. The summed E-state index contributed by atoms with van der Waals surface area (Å²) in [6, 6.07) is 6.89. The van der Waals surface area contributed by atoms with E-state index in [4.69, 9.17) is 9.47 Å². The number of hydrogen-bond acceptors (Lipinski definition) is 4. The minimum absolute atomic E-state index is 0.219. The molecule has 26 heavy (non-hydrogen) atoms. The Morgan fingerprint density at radius 1 is 1.46 bits per heavy atom. The summed E-state index contributed by atoms with van der Waals surface area (Å²) in [7, 11) is 1.57. The minimum Gasteiger partial charge on any atom is -0.497 e. The van der Waals surface area contributed by atoms with Crippen LogP contribution in [0.4, 0.5) is 5.69 Å². The van der Waals surface area contributed by atoms with Gasteiger partial charge in [0.05, 0.1) is 25.2 Å². The number of fused-ring (bicyclic) bond motifs is 1. The first kappa shape index (κ1) is 16.8. The van der Waals surface area contributed by atoms with Gasteiger partial charge in [0, 0.05) is 11.8 Å². The molecule has 3 aliphatic rings. The number of ether oxygens (including phenoxy) is 2. The quantitative estimate of drug-likeness (QED) is 0.821. The standard InChI is InChI=1S/C20H21NO5/c1-11(2)9-15-20-8-7-14(26-20)16(19(23)24)17(20)18(22)21(15)12-5-4-6-13(10-12)25-3/h4-8,10,14-17H,1,9H2,2-3H3,(H,23,24)/t14-,15-,16+,17-,20-/m1/s1. The van der Waals surface area contributed by atoms with E-state index in [0.29, 0.717) is 17.9 Å². The molecule has 2 saturated heterocycles. The third kappa shape index (κ3) is 2.15. The Labute approximate surface area is 151 Å². The molecule has 1 N–H and O–H groups in total. The Bertz CT molecular complexity index is 831. The molecule has 0 unspecified atom stereocenters. The van der Waals surface area contributed by atoms with Crippen LogP contribution >= 0.6 is 0 Å². The summed E-state index contributed by atoms with van der Waals surface area (Å²) in [5.41, 5.74) is 0.659.